The van der Waals surface area contributed by atoms with Crippen LogP contribution in [0.5, 0.6) is 0 Å². The summed E-state index contributed by atoms with van der Waals surface area (Å²) in [7, 11) is 0. The zero-order valence-electron chi connectivity index (χ0n) is 14.6. The highest BCUT2D eigenvalue weighted by atomic mass is 16.3. The van der Waals surface area contributed by atoms with E-state index in [0.717, 1.165) is 37.0 Å². The minimum atomic E-state index is 0.0142. The number of aliphatic hydroxyl groups excluding tert-OH is 1. The zero-order valence-corrected chi connectivity index (χ0v) is 14.6. The van der Waals surface area contributed by atoms with Crippen LogP contribution in [0.25, 0.3) is 0 Å². The molecule has 0 aromatic carbocycles. The molecule has 5 saturated carbocycles. The molecule has 23 heavy (non-hydrogen) atoms. The molecule has 128 valence electrons. The maximum absolute atomic E-state index is 12.0. The van der Waals surface area contributed by atoms with Crippen LogP contribution in [0.2, 0.25) is 0 Å². The van der Waals surface area contributed by atoms with Crippen molar-refractivity contribution in [3.8, 4) is 0 Å². The SMILES string of the molecule is CC[C@]12CCC(=O)CC1CCC1C2CC[C@]23CC(O)C2CCC13. The third-order valence-electron chi connectivity index (χ3n) is 9.68. The first-order valence-electron chi connectivity index (χ1n) is 10.3. The first-order valence-corrected chi connectivity index (χ1v) is 10.3. The van der Waals surface area contributed by atoms with Crippen LogP contribution < -0.4 is 0 Å². The summed E-state index contributed by atoms with van der Waals surface area (Å²) in [6.45, 7) is 2.40. The Hall–Kier alpha value is -0.370. The Labute approximate surface area is 140 Å². The molecule has 5 fully saturated rings. The second-order valence-electron chi connectivity index (χ2n) is 9.71. The molecule has 5 rings (SSSR count). The Bertz CT molecular complexity index is 528. The van der Waals surface area contributed by atoms with Gasteiger partial charge < -0.3 is 5.11 Å². The van der Waals surface area contributed by atoms with Crippen molar-refractivity contribution in [2.45, 2.75) is 83.7 Å². The summed E-state index contributed by atoms with van der Waals surface area (Å²) in [6, 6.07) is 0. The molecular formula is C21H32O2. The lowest BCUT2D eigenvalue weighted by atomic mass is 9.40. The van der Waals surface area contributed by atoms with E-state index >= 15 is 0 Å². The Morgan fingerprint density at radius 2 is 1.87 bits per heavy atom. The van der Waals surface area contributed by atoms with Crippen molar-refractivity contribution < 1.29 is 9.90 Å². The van der Waals surface area contributed by atoms with Gasteiger partial charge in [0.05, 0.1) is 6.10 Å². The van der Waals surface area contributed by atoms with Crippen molar-refractivity contribution in [3.63, 3.8) is 0 Å². The fourth-order valence-corrected chi connectivity index (χ4v) is 8.76. The van der Waals surface area contributed by atoms with Crippen molar-refractivity contribution in [2.24, 2.45) is 40.4 Å². The highest BCUT2D eigenvalue weighted by Crippen LogP contribution is 2.73. The van der Waals surface area contributed by atoms with Crippen molar-refractivity contribution in [3.05, 3.63) is 0 Å². The minimum Gasteiger partial charge on any atom is -0.393 e. The number of carbonyl (C=O) groups is 1. The summed E-state index contributed by atoms with van der Waals surface area (Å²) in [5.74, 6) is 4.55. The summed E-state index contributed by atoms with van der Waals surface area (Å²) in [6.07, 6.45) is 13.4. The van der Waals surface area contributed by atoms with Crippen molar-refractivity contribution in [1.82, 2.24) is 0 Å². The van der Waals surface area contributed by atoms with Gasteiger partial charge in [0.1, 0.15) is 5.78 Å². The summed E-state index contributed by atoms with van der Waals surface area (Å²) >= 11 is 0. The van der Waals surface area contributed by atoms with Crippen LogP contribution in [0.3, 0.4) is 0 Å². The Morgan fingerprint density at radius 1 is 1.04 bits per heavy atom. The number of carbonyl (C=O) groups excluding carboxylic acids is 1. The normalized spacial score (nSPS) is 57.7. The van der Waals surface area contributed by atoms with Crippen LogP contribution >= 0.6 is 0 Å². The molecule has 1 spiro atoms. The third-order valence-corrected chi connectivity index (χ3v) is 9.68. The highest BCUT2D eigenvalue weighted by Gasteiger charge is 2.67. The molecule has 0 aromatic heterocycles. The Balaban J connectivity index is 1.47. The number of Topliss-reactive ketones (excluding diaryl/α,β-unsaturated/α-hetero) is 1. The Morgan fingerprint density at radius 3 is 2.65 bits per heavy atom. The molecule has 0 radical (unpaired) electrons. The predicted molar refractivity (Wildman–Crippen MR) is 89.8 cm³/mol. The number of rotatable bonds is 1. The molecule has 5 aliphatic carbocycles. The monoisotopic (exact) mass is 316 g/mol. The average molecular weight is 316 g/mol. The van der Waals surface area contributed by atoms with E-state index in [1.807, 2.05) is 0 Å². The van der Waals surface area contributed by atoms with Gasteiger partial charge in [0, 0.05) is 12.8 Å². The second-order valence-corrected chi connectivity index (χ2v) is 9.71. The van der Waals surface area contributed by atoms with Crippen molar-refractivity contribution in [2.75, 3.05) is 0 Å². The number of ketones is 1. The number of hydrogen-bond acceptors (Lipinski definition) is 2. The molecular weight excluding hydrogens is 284 g/mol. The first kappa shape index (κ1) is 14.9. The van der Waals surface area contributed by atoms with Crippen molar-refractivity contribution >= 4 is 5.78 Å². The maximum atomic E-state index is 12.0. The zero-order chi connectivity index (χ0) is 15.8. The standard InChI is InChI=1S/C21H32O2/c1-2-20-9-7-14(22)11-13(20)3-4-15-16-5-6-18-19(23)12-21(16,18)10-8-17(15)20/h13,15-19,23H,2-12H2,1H3/t13?,15?,16?,17?,18?,19?,20-,21+/m0/s1. The van der Waals surface area contributed by atoms with Gasteiger partial charge in [-0.3, -0.25) is 4.79 Å². The molecule has 0 aliphatic heterocycles. The smallest absolute Gasteiger partial charge is 0.133 e. The second kappa shape index (κ2) is 4.84. The fraction of sp³-hybridized carbons (Fsp3) is 0.952. The van der Waals surface area contributed by atoms with E-state index in [2.05, 4.69) is 6.92 Å². The molecule has 0 amide bonds. The van der Waals surface area contributed by atoms with E-state index in [9.17, 15) is 9.90 Å². The molecule has 2 nitrogen and oxygen atoms in total. The molecule has 2 heteroatoms. The molecule has 0 bridgehead atoms. The first-order chi connectivity index (χ1) is 11.1. The fourth-order valence-electron chi connectivity index (χ4n) is 8.76. The average Bonchev–Trinajstić information content (AvgIpc) is 2.86. The third kappa shape index (κ3) is 1.72. The van der Waals surface area contributed by atoms with Gasteiger partial charge in [-0.25, -0.2) is 0 Å². The molecule has 0 heterocycles. The van der Waals surface area contributed by atoms with Gasteiger partial charge in [-0.1, -0.05) is 6.92 Å². The van der Waals surface area contributed by atoms with Crippen LogP contribution in [0, 0.1) is 40.4 Å². The van der Waals surface area contributed by atoms with Gasteiger partial charge in [-0.15, -0.1) is 0 Å². The van der Waals surface area contributed by atoms with Gasteiger partial charge in [0.2, 0.25) is 0 Å². The summed E-state index contributed by atoms with van der Waals surface area (Å²) < 4.78 is 0. The lowest BCUT2D eigenvalue weighted by Crippen LogP contribution is -2.60. The van der Waals surface area contributed by atoms with Gasteiger partial charge in [-0.05, 0) is 98.2 Å². The van der Waals surface area contributed by atoms with Crippen LogP contribution in [0.1, 0.15) is 77.6 Å². The lowest BCUT2D eigenvalue weighted by Gasteiger charge is -2.64. The summed E-state index contributed by atoms with van der Waals surface area (Å²) in [5.41, 5.74) is 1.02. The van der Waals surface area contributed by atoms with E-state index in [-0.39, 0.29) is 6.10 Å². The predicted octanol–water partition coefficient (Wildman–Crippen LogP) is 4.35. The van der Waals surface area contributed by atoms with E-state index in [0.29, 0.717) is 28.4 Å². The maximum Gasteiger partial charge on any atom is 0.133 e. The number of hydrogen-bond donors (Lipinski definition) is 1. The van der Waals surface area contributed by atoms with E-state index in [1.54, 1.807) is 0 Å². The van der Waals surface area contributed by atoms with E-state index < -0.39 is 0 Å². The van der Waals surface area contributed by atoms with Crippen LogP contribution in [0.4, 0.5) is 0 Å². The summed E-state index contributed by atoms with van der Waals surface area (Å²) in [4.78, 5) is 12.0. The molecule has 8 atom stereocenters. The largest absolute Gasteiger partial charge is 0.393 e. The van der Waals surface area contributed by atoms with E-state index in [4.69, 9.17) is 0 Å². The summed E-state index contributed by atoms with van der Waals surface area (Å²) in [5, 5.41) is 10.2. The van der Waals surface area contributed by atoms with Crippen LogP contribution in [-0.4, -0.2) is 17.0 Å². The van der Waals surface area contributed by atoms with Crippen LogP contribution in [0.15, 0.2) is 0 Å². The quantitative estimate of drug-likeness (QED) is 0.781. The number of aliphatic hydroxyl groups is 1. The van der Waals surface area contributed by atoms with Gasteiger partial charge in [-0.2, -0.15) is 0 Å². The molecule has 1 N–H and O–H groups in total. The van der Waals surface area contributed by atoms with E-state index in [1.165, 1.54) is 51.4 Å². The van der Waals surface area contributed by atoms with Crippen molar-refractivity contribution in [1.29, 1.82) is 0 Å². The van der Waals surface area contributed by atoms with Crippen LogP contribution in [-0.2, 0) is 4.79 Å². The van der Waals surface area contributed by atoms with Gasteiger partial charge in [0.25, 0.3) is 0 Å². The van der Waals surface area contributed by atoms with Gasteiger partial charge >= 0.3 is 0 Å². The molecule has 6 unspecified atom stereocenters. The molecule has 0 aromatic rings. The topological polar surface area (TPSA) is 37.3 Å². The van der Waals surface area contributed by atoms with Gasteiger partial charge in [0.15, 0.2) is 0 Å². The molecule has 0 saturated heterocycles. The Kier molecular flexibility index (Phi) is 3.14. The molecule has 5 aliphatic rings. The lowest BCUT2D eigenvalue weighted by molar-refractivity contribution is -0.184. The number of fused-ring (bicyclic) bond motifs is 4. The highest BCUT2D eigenvalue weighted by molar-refractivity contribution is 5.79. The minimum absolute atomic E-state index is 0.0142.